The van der Waals surface area contributed by atoms with Crippen LogP contribution in [0.2, 0.25) is 5.15 Å². The van der Waals surface area contributed by atoms with Crippen LogP contribution < -0.4 is 0 Å². The number of benzene rings is 1. The molecule has 1 saturated heterocycles. The first-order valence-electron chi connectivity index (χ1n) is 7.34. The number of halogens is 1. The predicted molar refractivity (Wildman–Crippen MR) is 91.4 cm³/mol. The van der Waals surface area contributed by atoms with E-state index in [0.29, 0.717) is 24.8 Å². The molecule has 0 unspecified atom stereocenters. The smallest absolute Gasteiger partial charge is 0.303 e. The van der Waals surface area contributed by atoms with Gasteiger partial charge in [-0.3, -0.25) is 0 Å². The molecule has 2 aromatic rings. The van der Waals surface area contributed by atoms with Crippen molar-refractivity contribution in [3.05, 3.63) is 58.9 Å². The second-order valence-corrected chi connectivity index (χ2v) is 7.41. The number of ether oxygens (including phenoxy) is 1. The van der Waals surface area contributed by atoms with Gasteiger partial charge in [0.25, 0.3) is 10.0 Å². The van der Waals surface area contributed by atoms with Crippen LogP contribution in [0.5, 0.6) is 0 Å². The van der Waals surface area contributed by atoms with Crippen LogP contribution in [-0.2, 0) is 21.3 Å². The summed E-state index contributed by atoms with van der Waals surface area (Å²) in [6.45, 7) is 3.30. The van der Waals surface area contributed by atoms with E-state index in [-0.39, 0.29) is 10.9 Å². The van der Waals surface area contributed by atoms with E-state index in [1.54, 1.807) is 29.3 Å². The molecule has 6 nitrogen and oxygen atoms in total. The third-order valence-corrected chi connectivity index (χ3v) is 5.03. The fraction of sp³-hybridized carbons (Fsp3) is 0.250. The third kappa shape index (κ3) is 3.85. The average molecular weight is 366 g/mol. The van der Waals surface area contributed by atoms with E-state index in [4.69, 9.17) is 16.3 Å². The highest BCUT2D eigenvalue weighted by Crippen LogP contribution is 2.17. The van der Waals surface area contributed by atoms with Gasteiger partial charge in [0.1, 0.15) is 11.8 Å². The van der Waals surface area contributed by atoms with Gasteiger partial charge in [-0.05, 0) is 30.7 Å². The molecule has 0 aliphatic carbocycles. The molecule has 8 heteroatoms. The highest BCUT2D eigenvalue weighted by atomic mass is 35.5. The first-order chi connectivity index (χ1) is 11.4. The van der Waals surface area contributed by atoms with Crippen LogP contribution in [0.3, 0.4) is 0 Å². The molecule has 0 N–H and O–H groups in total. The molecule has 1 aliphatic rings. The molecule has 1 aromatic heterocycles. The Morgan fingerprint density at radius 3 is 2.67 bits per heavy atom. The quantitative estimate of drug-likeness (QED) is 0.779. The molecule has 0 radical (unpaired) electrons. The number of aromatic nitrogens is 1. The number of nitrogens with zero attached hydrogens (tertiary/aromatic N) is 3. The number of hydrogen-bond donors (Lipinski definition) is 0. The van der Waals surface area contributed by atoms with E-state index >= 15 is 0 Å². The second-order valence-electron chi connectivity index (χ2n) is 5.42. The lowest BCUT2D eigenvalue weighted by Crippen LogP contribution is -2.26. The van der Waals surface area contributed by atoms with Gasteiger partial charge >= 0.3 is 6.02 Å². The number of rotatable bonds is 4. The van der Waals surface area contributed by atoms with Crippen molar-refractivity contribution in [2.24, 2.45) is 4.40 Å². The topological polar surface area (TPSA) is 71.9 Å². The Bertz CT molecular complexity index is 849. The van der Waals surface area contributed by atoms with Crippen LogP contribution in [-0.4, -0.2) is 37.5 Å². The molecular weight excluding hydrogens is 350 g/mol. The summed E-state index contributed by atoms with van der Waals surface area (Å²) >= 11 is 5.77. The minimum Gasteiger partial charge on any atom is -0.463 e. The third-order valence-electron chi connectivity index (χ3n) is 3.54. The van der Waals surface area contributed by atoms with Crippen LogP contribution in [0.25, 0.3) is 0 Å². The molecule has 1 aliphatic heterocycles. The largest absolute Gasteiger partial charge is 0.463 e. The number of sulfonamides is 1. The minimum absolute atomic E-state index is 0.102. The van der Waals surface area contributed by atoms with Crippen LogP contribution in [0.15, 0.2) is 51.9 Å². The summed E-state index contributed by atoms with van der Waals surface area (Å²) in [5, 5.41) is 0.410. The van der Waals surface area contributed by atoms with E-state index in [2.05, 4.69) is 9.38 Å². The summed E-state index contributed by atoms with van der Waals surface area (Å²) in [7, 11) is -3.81. The van der Waals surface area contributed by atoms with Gasteiger partial charge in [0.15, 0.2) is 0 Å². The van der Waals surface area contributed by atoms with Gasteiger partial charge in [-0.25, -0.2) is 4.98 Å². The summed E-state index contributed by atoms with van der Waals surface area (Å²) in [5.74, 6) is 0. The standard InChI is InChI=1S/C16H16ClN3O3S/c1-12-2-5-14(6-3-12)24(21,22)19-16-20(8-9-23-16)11-13-4-7-15(17)18-10-13/h2-7,10H,8-9,11H2,1H3. The molecule has 1 fully saturated rings. The van der Waals surface area contributed by atoms with Gasteiger partial charge in [-0.1, -0.05) is 35.4 Å². The zero-order valence-electron chi connectivity index (χ0n) is 13.0. The van der Waals surface area contributed by atoms with Crippen molar-refractivity contribution in [1.82, 2.24) is 9.88 Å². The van der Waals surface area contributed by atoms with E-state index in [1.807, 2.05) is 13.0 Å². The lowest BCUT2D eigenvalue weighted by Gasteiger charge is -2.15. The lowest BCUT2D eigenvalue weighted by molar-refractivity contribution is 0.352. The Labute approximate surface area is 145 Å². The lowest BCUT2D eigenvalue weighted by atomic mass is 10.2. The van der Waals surface area contributed by atoms with E-state index in [0.717, 1.165) is 11.1 Å². The molecule has 0 atom stereocenters. The van der Waals surface area contributed by atoms with Gasteiger partial charge in [-0.15, -0.1) is 4.40 Å². The number of pyridine rings is 1. The first-order valence-corrected chi connectivity index (χ1v) is 9.16. The molecule has 0 amide bonds. The SMILES string of the molecule is Cc1ccc(S(=O)(=O)N=C2OCCN2Cc2ccc(Cl)nc2)cc1. The zero-order valence-corrected chi connectivity index (χ0v) is 14.6. The summed E-state index contributed by atoms with van der Waals surface area (Å²) in [6.07, 6.45) is 1.65. The molecule has 0 spiro atoms. The highest BCUT2D eigenvalue weighted by Gasteiger charge is 2.24. The van der Waals surface area contributed by atoms with Gasteiger partial charge in [0.2, 0.25) is 0 Å². The van der Waals surface area contributed by atoms with Crippen molar-refractivity contribution in [3.8, 4) is 0 Å². The predicted octanol–water partition coefficient (Wildman–Crippen LogP) is 2.62. The Morgan fingerprint density at radius 2 is 2.00 bits per heavy atom. The summed E-state index contributed by atoms with van der Waals surface area (Å²) < 4.78 is 34.1. The fourth-order valence-corrected chi connectivity index (χ4v) is 3.32. The van der Waals surface area contributed by atoms with E-state index in [1.165, 1.54) is 12.1 Å². The fourth-order valence-electron chi connectivity index (χ4n) is 2.25. The van der Waals surface area contributed by atoms with E-state index in [9.17, 15) is 8.42 Å². The maximum Gasteiger partial charge on any atom is 0.303 e. The summed E-state index contributed by atoms with van der Waals surface area (Å²) in [6, 6.07) is 10.2. The van der Waals surface area contributed by atoms with E-state index < -0.39 is 10.0 Å². The number of hydrogen-bond acceptors (Lipinski definition) is 4. The van der Waals surface area contributed by atoms with Gasteiger partial charge in [0.05, 0.1) is 11.4 Å². The van der Waals surface area contributed by atoms with Crippen molar-refractivity contribution < 1.29 is 13.2 Å². The Morgan fingerprint density at radius 1 is 1.25 bits per heavy atom. The minimum atomic E-state index is -3.81. The average Bonchev–Trinajstić information content (AvgIpc) is 2.96. The molecule has 2 heterocycles. The molecule has 126 valence electrons. The number of amidine groups is 1. The zero-order chi connectivity index (χ0) is 17.2. The van der Waals surface area contributed by atoms with Crippen molar-refractivity contribution >= 4 is 27.6 Å². The Kier molecular flexibility index (Phi) is 4.73. The Balaban J connectivity index is 1.82. The molecule has 3 rings (SSSR count). The van der Waals surface area contributed by atoms with Crippen LogP contribution in [0, 0.1) is 6.92 Å². The normalized spacial score (nSPS) is 16.4. The van der Waals surface area contributed by atoms with Gasteiger partial charge in [-0.2, -0.15) is 8.42 Å². The second kappa shape index (κ2) is 6.78. The molecule has 24 heavy (non-hydrogen) atoms. The van der Waals surface area contributed by atoms with Crippen molar-refractivity contribution in [1.29, 1.82) is 0 Å². The van der Waals surface area contributed by atoms with Crippen LogP contribution >= 0.6 is 11.6 Å². The number of aryl methyl sites for hydroxylation is 1. The highest BCUT2D eigenvalue weighted by molar-refractivity contribution is 7.90. The van der Waals surface area contributed by atoms with Crippen LogP contribution in [0.1, 0.15) is 11.1 Å². The van der Waals surface area contributed by atoms with Crippen molar-refractivity contribution in [3.63, 3.8) is 0 Å². The molecule has 0 saturated carbocycles. The van der Waals surface area contributed by atoms with Crippen molar-refractivity contribution in [2.75, 3.05) is 13.2 Å². The molecule has 0 bridgehead atoms. The summed E-state index contributed by atoms with van der Waals surface area (Å²) in [4.78, 5) is 5.92. The van der Waals surface area contributed by atoms with Crippen LogP contribution in [0.4, 0.5) is 0 Å². The maximum atomic E-state index is 12.4. The van der Waals surface area contributed by atoms with Gasteiger partial charge < -0.3 is 9.64 Å². The molecule has 1 aromatic carbocycles. The maximum absolute atomic E-state index is 12.4. The monoisotopic (exact) mass is 365 g/mol. The molecular formula is C16H16ClN3O3S. The van der Waals surface area contributed by atoms with Crippen molar-refractivity contribution in [2.45, 2.75) is 18.4 Å². The summed E-state index contributed by atoms with van der Waals surface area (Å²) in [5.41, 5.74) is 1.88. The first kappa shape index (κ1) is 16.7. The van der Waals surface area contributed by atoms with Gasteiger partial charge in [0, 0.05) is 12.7 Å². The Hall–Kier alpha value is -2.12.